The van der Waals surface area contributed by atoms with E-state index in [1.807, 2.05) is 0 Å². The normalized spacial score (nSPS) is 45.3. The van der Waals surface area contributed by atoms with Crippen LogP contribution in [0.1, 0.15) is 66.2 Å². The van der Waals surface area contributed by atoms with Crippen LogP contribution in [0, 0.1) is 35.5 Å². The van der Waals surface area contributed by atoms with Crippen molar-refractivity contribution in [2.45, 2.75) is 83.8 Å². The number of hydrogen-bond donors (Lipinski definition) is 0. The van der Waals surface area contributed by atoms with Crippen LogP contribution in [0.2, 0.25) is 17.6 Å². The summed E-state index contributed by atoms with van der Waals surface area (Å²) in [7, 11) is -1.58. The third kappa shape index (κ3) is 2.76. The molecule has 4 rings (SSSR count). The Balaban J connectivity index is 1.79. The number of hydrogen-bond acceptors (Lipinski definition) is 0. The Morgan fingerprint density at radius 1 is 0.731 bits per heavy atom. The molecule has 0 aromatic heterocycles. The van der Waals surface area contributed by atoms with Crippen LogP contribution >= 0.6 is 0 Å². The molecule has 0 saturated heterocycles. The van der Waals surface area contributed by atoms with Gasteiger partial charge in [-0.1, -0.05) is 108 Å². The second kappa shape index (κ2) is 7.11. The first-order valence-electron chi connectivity index (χ1n) is 11.5. The van der Waals surface area contributed by atoms with E-state index in [2.05, 4.69) is 64.6 Å². The van der Waals surface area contributed by atoms with Gasteiger partial charge in [0.05, 0.1) is 8.07 Å². The fourth-order valence-corrected chi connectivity index (χ4v) is 15.2. The largest absolute Gasteiger partial charge is 0.0906 e. The predicted octanol–water partition coefficient (Wildman–Crippen LogP) is 6.87. The van der Waals surface area contributed by atoms with E-state index in [9.17, 15) is 0 Å². The minimum absolute atomic E-state index is 0.883. The van der Waals surface area contributed by atoms with E-state index < -0.39 is 8.07 Å². The molecule has 0 aliphatic heterocycles. The van der Waals surface area contributed by atoms with Crippen LogP contribution < -0.4 is 5.19 Å². The molecule has 0 heterocycles. The Morgan fingerprint density at radius 3 is 2.00 bits per heavy atom. The molecule has 0 nitrogen and oxygen atoms in total. The smallest absolute Gasteiger partial charge is 0.0648 e. The molecular weight excluding hydrogens is 328 g/mol. The van der Waals surface area contributed by atoms with Gasteiger partial charge in [0, 0.05) is 0 Å². The van der Waals surface area contributed by atoms with Gasteiger partial charge in [-0.25, -0.2) is 0 Å². The van der Waals surface area contributed by atoms with Crippen molar-refractivity contribution in [3.05, 3.63) is 30.3 Å². The van der Waals surface area contributed by atoms with Crippen molar-refractivity contribution >= 4 is 13.3 Å². The van der Waals surface area contributed by atoms with Crippen molar-refractivity contribution in [2.75, 3.05) is 0 Å². The summed E-state index contributed by atoms with van der Waals surface area (Å²) in [6.07, 6.45) is 9.13. The lowest BCUT2D eigenvalue weighted by Crippen LogP contribution is -2.56. The van der Waals surface area contributed by atoms with Crippen LogP contribution in [0.4, 0.5) is 0 Å². The van der Waals surface area contributed by atoms with Gasteiger partial charge in [-0.3, -0.25) is 0 Å². The van der Waals surface area contributed by atoms with E-state index in [0.717, 1.165) is 46.6 Å². The number of benzene rings is 1. The third-order valence-corrected chi connectivity index (χ3v) is 16.1. The predicted molar refractivity (Wildman–Crippen MR) is 117 cm³/mol. The molecule has 144 valence electrons. The summed E-state index contributed by atoms with van der Waals surface area (Å²) in [5.74, 6) is 5.65. The first-order chi connectivity index (χ1) is 12.5. The van der Waals surface area contributed by atoms with Crippen molar-refractivity contribution in [1.82, 2.24) is 0 Å². The molecule has 3 aliphatic carbocycles. The van der Waals surface area contributed by atoms with Crippen molar-refractivity contribution in [1.29, 1.82) is 0 Å². The van der Waals surface area contributed by atoms with E-state index in [4.69, 9.17) is 0 Å². The zero-order chi connectivity index (χ0) is 18.5. The molecule has 0 N–H and O–H groups in total. The third-order valence-electron chi connectivity index (χ3n) is 9.81. The van der Waals surface area contributed by atoms with Crippen LogP contribution in [0.25, 0.3) is 0 Å². The Bertz CT molecular complexity index is 596. The fourth-order valence-electron chi connectivity index (χ4n) is 8.11. The van der Waals surface area contributed by atoms with Gasteiger partial charge in [0.15, 0.2) is 0 Å². The summed E-state index contributed by atoms with van der Waals surface area (Å²) in [5, 5.41) is 1.78. The molecule has 0 spiro atoms. The average Bonchev–Trinajstić information content (AvgIpc) is 3.19. The Morgan fingerprint density at radius 2 is 1.35 bits per heavy atom. The maximum atomic E-state index is 2.83. The topological polar surface area (TPSA) is 0 Å². The second-order valence-corrected chi connectivity index (χ2v) is 15.1. The van der Waals surface area contributed by atoms with E-state index >= 15 is 0 Å². The van der Waals surface area contributed by atoms with Crippen LogP contribution in [0.3, 0.4) is 0 Å². The highest BCUT2D eigenvalue weighted by molar-refractivity contribution is 6.93. The molecule has 3 aliphatic rings. The standard InChI is InChI=1S/C25H40Si/c1-17-18(2)20(4)25(19(17)3)26(5,22-12-7-6-8-13-22)24-16-15-21-11-9-10-14-23(21)24/h6-8,12-13,17-21,23-25H,9-11,14-16H2,1-5H3. The summed E-state index contributed by atoms with van der Waals surface area (Å²) >= 11 is 0. The monoisotopic (exact) mass is 368 g/mol. The van der Waals surface area contributed by atoms with Gasteiger partial charge >= 0.3 is 0 Å². The summed E-state index contributed by atoms with van der Waals surface area (Å²) in [4.78, 5) is 0. The molecule has 1 heteroatoms. The Labute approximate surface area is 163 Å². The molecule has 26 heavy (non-hydrogen) atoms. The van der Waals surface area contributed by atoms with Gasteiger partial charge in [-0.15, -0.1) is 0 Å². The lowest BCUT2D eigenvalue weighted by atomic mass is 9.82. The van der Waals surface area contributed by atoms with Gasteiger partial charge in [0.2, 0.25) is 0 Å². The number of fused-ring (bicyclic) bond motifs is 1. The average molecular weight is 369 g/mol. The van der Waals surface area contributed by atoms with E-state index in [1.165, 1.54) is 38.5 Å². The molecule has 0 radical (unpaired) electrons. The van der Waals surface area contributed by atoms with Gasteiger partial charge < -0.3 is 0 Å². The molecule has 3 saturated carbocycles. The van der Waals surface area contributed by atoms with Crippen LogP contribution in [-0.2, 0) is 0 Å². The SMILES string of the molecule is CC1C(C)C(C)C([Si](C)(c2ccccc2)C2CCC3CCCCC32)C1C. The van der Waals surface area contributed by atoms with Crippen LogP contribution in [0.15, 0.2) is 30.3 Å². The fraction of sp³-hybridized carbons (Fsp3) is 0.760. The highest BCUT2D eigenvalue weighted by atomic mass is 28.3. The molecule has 8 atom stereocenters. The summed E-state index contributed by atoms with van der Waals surface area (Å²) < 4.78 is 0. The van der Waals surface area contributed by atoms with Crippen molar-refractivity contribution in [3.63, 3.8) is 0 Å². The lowest BCUT2D eigenvalue weighted by Gasteiger charge is -2.47. The van der Waals surface area contributed by atoms with E-state index in [0.29, 0.717) is 0 Å². The maximum Gasteiger partial charge on any atom is 0.0906 e. The maximum absolute atomic E-state index is 2.83. The second-order valence-electron chi connectivity index (χ2n) is 10.5. The first-order valence-corrected chi connectivity index (χ1v) is 14.2. The lowest BCUT2D eigenvalue weighted by molar-refractivity contribution is 0.273. The molecule has 1 aromatic carbocycles. The summed E-state index contributed by atoms with van der Waals surface area (Å²) in [6, 6.07) is 11.9. The molecule has 8 unspecified atom stereocenters. The highest BCUT2D eigenvalue weighted by Crippen LogP contribution is 2.61. The van der Waals surface area contributed by atoms with E-state index in [1.54, 1.807) is 5.19 Å². The van der Waals surface area contributed by atoms with Crippen LogP contribution in [0.5, 0.6) is 0 Å². The summed E-state index contributed by atoms with van der Waals surface area (Å²) in [5.41, 5.74) is 1.99. The summed E-state index contributed by atoms with van der Waals surface area (Å²) in [6.45, 7) is 13.1. The first kappa shape index (κ1) is 18.8. The number of rotatable bonds is 3. The zero-order valence-electron chi connectivity index (χ0n) is 17.7. The highest BCUT2D eigenvalue weighted by Gasteiger charge is 2.58. The molecule has 1 aromatic rings. The van der Waals surface area contributed by atoms with Gasteiger partial charge in [-0.2, -0.15) is 0 Å². The minimum Gasteiger partial charge on any atom is -0.0648 e. The van der Waals surface area contributed by atoms with Crippen molar-refractivity contribution in [3.8, 4) is 0 Å². The quantitative estimate of drug-likeness (QED) is 0.511. The van der Waals surface area contributed by atoms with Crippen LogP contribution in [-0.4, -0.2) is 8.07 Å². The van der Waals surface area contributed by atoms with Crippen molar-refractivity contribution < 1.29 is 0 Å². The van der Waals surface area contributed by atoms with Gasteiger partial charge in [0.1, 0.15) is 0 Å². The molecule has 0 amide bonds. The van der Waals surface area contributed by atoms with Gasteiger partial charge in [-0.05, 0) is 46.6 Å². The zero-order valence-corrected chi connectivity index (χ0v) is 18.7. The molecule has 3 fully saturated rings. The van der Waals surface area contributed by atoms with E-state index in [-0.39, 0.29) is 0 Å². The van der Waals surface area contributed by atoms with Crippen molar-refractivity contribution in [2.24, 2.45) is 35.5 Å². The molecular formula is C25H40Si. The molecule has 0 bridgehead atoms. The minimum atomic E-state index is -1.58. The Kier molecular flexibility index (Phi) is 5.14. The van der Waals surface area contributed by atoms with Gasteiger partial charge in [0.25, 0.3) is 0 Å². The Hall–Kier alpha value is -0.563.